The molecular weight excluding hydrogens is 316 g/mol. The molecule has 0 bridgehead atoms. The highest BCUT2D eigenvalue weighted by Crippen LogP contribution is 2.52. The predicted molar refractivity (Wildman–Crippen MR) is 94.9 cm³/mol. The lowest BCUT2D eigenvalue weighted by Crippen LogP contribution is -2.64. The van der Waals surface area contributed by atoms with Crippen molar-refractivity contribution in [1.29, 1.82) is 0 Å². The van der Waals surface area contributed by atoms with Crippen LogP contribution < -0.4 is 0 Å². The van der Waals surface area contributed by atoms with Gasteiger partial charge >= 0.3 is 0 Å². The number of rotatable bonds is 4. The zero-order valence-electron chi connectivity index (χ0n) is 15.1. The summed E-state index contributed by atoms with van der Waals surface area (Å²) >= 11 is 0. The lowest BCUT2D eigenvalue weighted by atomic mass is 9.71. The summed E-state index contributed by atoms with van der Waals surface area (Å²) in [5, 5.41) is 0. The van der Waals surface area contributed by atoms with Gasteiger partial charge in [-0.1, -0.05) is 37.3 Å². The lowest BCUT2D eigenvalue weighted by Gasteiger charge is -2.49. The summed E-state index contributed by atoms with van der Waals surface area (Å²) in [4.78, 5) is 17.9. The van der Waals surface area contributed by atoms with E-state index in [1.807, 2.05) is 23.1 Å². The van der Waals surface area contributed by atoms with Crippen molar-refractivity contribution in [2.24, 2.45) is 5.41 Å². The molecule has 0 aromatic heterocycles. The Balaban J connectivity index is 1.57. The molecule has 3 heterocycles. The molecule has 5 heteroatoms. The van der Waals surface area contributed by atoms with Crippen molar-refractivity contribution in [3.05, 3.63) is 35.9 Å². The molecule has 136 valence electrons. The Bertz CT molecular complexity index is 615. The minimum atomic E-state index is -0.747. The Morgan fingerprint density at radius 2 is 1.80 bits per heavy atom. The maximum atomic E-state index is 13.5. The number of fused-ring (bicyclic) bond motifs is 1. The second kappa shape index (κ2) is 6.71. The molecule has 0 radical (unpaired) electrons. The third kappa shape index (κ3) is 2.78. The molecule has 0 N–H and O–H groups in total. The molecule has 0 aliphatic carbocycles. The van der Waals surface area contributed by atoms with Crippen molar-refractivity contribution in [2.75, 3.05) is 39.4 Å². The number of hydrogen-bond acceptors (Lipinski definition) is 4. The number of piperidine rings is 1. The molecule has 1 aromatic rings. The topological polar surface area (TPSA) is 42.0 Å². The van der Waals surface area contributed by atoms with Crippen LogP contribution in [0.15, 0.2) is 30.3 Å². The van der Waals surface area contributed by atoms with E-state index in [4.69, 9.17) is 9.47 Å². The van der Waals surface area contributed by atoms with Crippen LogP contribution in [-0.2, 0) is 20.8 Å². The molecule has 1 aromatic carbocycles. The van der Waals surface area contributed by atoms with Crippen molar-refractivity contribution in [3.8, 4) is 0 Å². The van der Waals surface area contributed by atoms with Gasteiger partial charge in [-0.15, -0.1) is 0 Å². The van der Waals surface area contributed by atoms with Gasteiger partial charge < -0.3 is 14.4 Å². The van der Waals surface area contributed by atoms with Gasteiger partial charge in [0.2, 0.25) is 5.91 Å². The SMILES string of the molecule is CCCN1CCC2(CCN(Cc3ccccc3)C2=O)C2(C1)OCCO2. The van der Waals surface area contributed by atoms with Crippen molar-refractivity contribution >= 4 is 5.91 Å². The van der Waals surface area contributed by atoms with Gasteiger partial charge in [-0.25, -0.2) is 0 Å². The molecule has 3 fully saturated rings. The number of carbonyl (C=O) groups is 1. The Hall–Kier alpha value is -1.43. The zero-order chi connectivity index (χ0) is 17.3. The highest BCUT2D eigenvalue weighted by Gasteiger charge is 2.65. The molecule has 2 spiro atoms. The van der Waals surface area contributed by atoms with Gasteiger partial charge in [0.15, 0.2) is 5.79 Å². The van der Waals surface area contributed by atoms with E-state index in [1.54, 1.807) is 0 Å². The Morgan fingerprint density at radius 3 is 2.52 bits per heavy atom. The van der Waals surface area contributed by atoms with E-state index in [1.165, 1.54) is 5.56 Å². The minimum Gasteiger partial charge on any atom is -0.345 e. The number of likely N-dealkylation sites (tertiary alicyclic amines) is 2. The maximum absolute atomic E-state index is 13.5. The number of benzene rings is 1. The second-order valence-electron chi connectivity index (χ2n) is 7.52. The summed E-state index contributed by atoms with van der Waals surface area (Å²) in [7, 11) is 0. The van der Waals surface area contributed by atoms with Crippen LogP contribution in [0.5, 0.6) is 0 Å². The van der Waals surface area contributed by atoms with Gasteiger partial charge in [-0.05, 0) is 37.9 Å². The molecule has 5 nitrogen and oxygen atoms in total. The van der Waals surface area contributed by atoms with Crippen LogP contribution in [0.1, 0.15) is 31.7 Å². The van der Waals surface area contributed by atoms with Crippen molar-refractivity contribution in [2.45, 2.75) is 38.5 Å². The van der Waals surface area contributed by atoms with E-state index < -0.39 is 11.2 Å². The fourth-order valence-corrected chi connectivity index (χ4v) is 4.77. The summed E-state index contributed by atoms with van der Waals surface area (Å²) in [6.07, 6.45) is 2.77. The van der Waals surface area contributed by atoms with Crippen LogP contribution >= 0.6 is 0 Å². The number of hydrogen-bond donors (Lipinski definition) is 0. The molecule has 25 heavy (non-hydrogen) atoms. The normalized spacial score (nSPS) is 29.2. The number of amides is 1. The molecule has 3 saturated heterocycles. The number of nitrogens with zero attached hydrogens (tertiary/aromatic N) is 2. The van der Waals surface area contributed by atoms with Crippen LogP contribution in [0.25, 0.3) is 0 Å². The zero-order valence-corrected chi connectivity index (χ0v) is 15.1. The highest BCUT2D eigenvalue weighted by atomic mass is 16.7. The van der Waals surface area contributed by atoms with Crippen molar-refractivity contribution < 1.29 is 14.3 Å². The fraction of sp³-hybridized carbons (Fsp3) is 0.650. The first-order chi connectivity index (χ1) is 12.2. The maximum Gasteiger partial charge on any atom is 0.234 e. The van der Waals surface area contributed by atoms with Crippen molar-refractivity contribution in [3.63, 3.8) is 0 Å². The standard InChI is InChI=1S/C20H28N2O3/c1-2-10-21-11-8-19(20(16-21)24-13-14-25-20)9-12-22(18(19)23)15-17-6-4-3-5-7-17/h3-7H,2,8-16H2,1H3. The molecule has 3 aliphatic heterocycles. The largest absolute Gasteiger partial charge is 0.345 e. The molecule has 0 saturated carbocycles. The van der Waals surface area contributed by atoms with Crippen molar-refractivity contribution in [1.82, 2.24) is 9.80 Å². The van der Waals surface area contributed by atoms with E-state index >= 15 is 0 Å². The molecular formula is C20H28N2O3. The third-order valence-corrected chi connectivity index (χ3v) is 6.03. The van der Waals surface area contributed by atoms with E-state index in [9.17, 15) is 4.79 Å². The quantitative estimate of drug-likeness (QED) is 0.840. The van der Waals surface area contributed by atoms with Crippen LogP contribution in [0.2, 0.25) is 0 Å². The van der Waals surface area contributed by atoms with E-state index in [0.29, 0.717) is 26.3 Å². The molecule has 1 amide bonds. The predicted octanol–water partition coefficient (Wildman–Crippen LogP) is 2.26. The number of ether oxygens (including phenoxy) is 2. The summed E-state index contributed by atoms with van der Waals surface area (Å²) in [5.41, 5.74) is 0.668. The smallest absolute Gasteiger partial charge is 0.234 e. The fourth-order valence-electron chi connectivity index (χ4n) is 4.77. The van der Waals surface area contributed by atoms with E-state index in [2.05, 4.69) is 24.0 Å². The first-order valence-corrected chi connectivity index (χ1v) is 9.53. The Labute approximate surface area is 149 Å². The number of carbonyl (C=O) groups excluding carboxylic acids is 1. The van der Waals surface area contributed by atoms with Crippen LogP contribution in [0.4, 0.5) is 0 Å². The van der Waals surface area contributed by atoms with Gasteiger partial charge in [0.25, 0.3) is 0 Å². The average Bonchev–Trinajstić information content (AvgIpc) is 3.21. The van der Waals surface area contributed by atoms with Gasteiger partial charge in [-0.3, -0.25) is 9.69 Å². The van der Waals surface area contributed by atoms with Crippen LogP contribution in [-0.4, -0.2) is 60.9 Å². The monoisotopic (exact) mass is 344 g/mol. The first-order valence-electron chi connectivity index (χ1n) is 9.53. The van der Waals surface area contributed by atoms with Gasteiger partial charge in [-0.2, -0.15) is 0 Å². The molecule has 1 unspecified atom stereocenters. The minimum absolute atomic E-state index is 0.217. The van der Waals surface area contributed by atoms with E-state index in [0.717, 1.165) is 38.9 Å². The average molecular weight is 344 g/mol. The summed E-state index contributed by atoms with van der Waals surface area (Å²) in [6, 6.07) is 10.2. The highest BCUT2D eigenvalue weighted by molar-refractivity contribution is 5.86. The molecule has 1 atom stereocenters. The summed E-state index contributed by atoms with van der Waals surface area (Å²) in [5.74, 6) is -0.530. The Kier molecular flexibility index (Phi) is 4.56. The van der Waals surface area contributed by atoms with Crippen LogP contribution in [0, 0.1) is 5.41 Å². The Morgan fingerprint density at radius 1 is 1.08 bits per heavy atom. The summed E-state index contributed by atoms with van der Waals surface area (Å²) < 4.78 is 12.3. The molecule has 3 aliphatic rings. The van der Waals surface area contributed by atoms with Gasteiger partial charge in [0, 0.05) is 13.1 Å². The van der Waals surface area contributed by atoms with Gasteiger partial charge in [0.05, 0.1) is 19.8 Å². The summed E-state index contributed by atoms with van der Waals surface area (Å²) in [6.45, 7) is 7.54. The molecule has 4 rings (SSSR count). The van der Waals surface area contributed by atoms with E-state index in [-0.39, 0.29) is 5.91 Å². The lowest BCUT2D eigenvalue weighted by molar-refractivity contribution is -0.256. The second-order valence-corrected chi connectivity index (χ2v) is 7.52. The van der Waals surface area contributed by atoms with Gasteiger partial charge in [0.1, 0.15) is 5.41 Å². The first kappa shape index (κ1) is 17.0. The third-order valence-electron chi connectivity index (χ3n) is 6.03. The van der Waals surface area contributed by atoms with Crippen LogP contribution in [0.3, 0.4) is 0 Å².